The van der Waals surface area contributed by atoms with Crippen molar-refractivity contribution in [1.29, 1.82) is 0 Å². The van der Waals surface area contributed by atoms with Gasteiger partial charge < -0.3 is 5.32 Å². The lowest BCUT2D eigenvalue weighted by Crippen LogP contribution is -2.24. The van der Waals surface area contributed by atoms with Gasteiger partial charge >= 0.3 is 0 Å². The van der Waals surface area contributed by atoms with Crippen LogP contribution >= 0.6 is 0 Å². The Bertz CT molecular complexity index is 121. The predicted molar refractivity (Wildman–Crippen MR) is 40.7 cm³/mol. The van der Waals surface area contributed by atoms with Crippen molar-refractivity contribution in [3.8, 4) is 0 Å². The van der Waals surface area contributed by atoms with Crippen molar-refractivity contribution in [3.05, 3.63) is 0 Å². The quantitative estimate of drug-likeness (QED) is 0.595. The van der Waals surface area contributed by atoms with Crippen molar-refractivity contribution in [3.63, 3.8) is 0 Å². The van der Waals surface area contributed by atoms with E-state index in [1.807, 2.05) is 6.92 Å². The van der Waals surface area contributed by atoms with Gasteiger partial charge in [-0.15, -0.1) is 0 Å². The maximum atomic E-state index is 10.5. The molecule has 0 atom stereocenters. The predicted octanol–water partition coefficient (Wildman–Crippen LogP) is 0.738. The van der Waals surface area contributed by atoms with Gasteiger partial charge in [0, 0.05) is 6.54 Å². The fourth-order valence-electron chi connectivity index (χ4n) is 0.486. The zero-order valence-electron chi connectivity index (χ0n) is 5.73. The number of carbonyl (C=O) groups is 2. The molecule has 0 spiro atoms. The number of ketones is 1. The van der Waals surface area contributed by atoms with Gasteiger partial charge in [0.15, 0.2) is 0 Å². The first-order chi connectivity index (χ1) is 4.16. The molecule has 0 aromatic carbocycles. The Labute approximate surface area is 61.8 Å². The number of hydrogen-bond donors (Lipinski definition) is 1. The van der Waals surface area contributed by atoms with Gasteiger partial charge in [-0.3, -0.25) is 9.59 Å². The van der Waals surface area contributed by atoms with Crippen LogP contribution in [0.2, 0.25) is 0 Å². The maximum Gasteiger partial charge on any atom is 0.227 e. The monoisotopic (exact) mass is 145 g/mol. The fourth-order valence-corrected chi connectivity index (χ4v) is 0.486. The molecule has 0 radical (unpaired) electrons. The van der Waals surface area contributed by atoms with Crippen molar-refractivity contribution in [2.45, 2.75) is 27.7 Å². The molecule has 10 heavy (non-hydrogen) atoms. The summed E-state index contributed by atoms with van der Waals surface area (Å²) in [6.07, 6.45) is 0.00778. The Balaban J connectivity index is 0. The Morgan fingerprint density at radius 1 is 1.40 bits per heavy atom. The third-order valence-corrected chi connectivity index (χ3v) is 0.783. The molecule has 0 aromatic heterocycles. The molecule has 0 bridgehead atoms. The van der Waals surface area contributed by atoms with E-state index >= 15 is 0 Å². The van der Waals surface area contributed by atoms with E-state index in [0.717, 1.165) is 0 Å². The lowest BCUT2D eigenvalue weighted by atomic mass is 10.3. The van der Waals surface area contributed by atoms with Crippen LogP contribution in [0, 0.1) is 0 Å². The van der Waals surface area contributed by atoms with E-state index in [9.17, 15) is 9.59 Å². The van der Waals surface area contributed by atoms with Crippen molar-refractivity contribution in [1.82, 2.24) is 5.32 Å². The number of nitrogens with one attached hydrogen (secondary N) is 1. The van der Waals surface area contributed by atoms with Gasteiger partial charge in [0.2, 0.25) is 5.91 Å². The average molecular weight is 145 g/mol. The van der Waals surface area contributed by atoms with E-state index in [4.69, 9.17) is 0 Å². The topological polar surface area (TPSA) is 46.2 Å². The van der Waals surface area contributed by atoms with Gasteiger partial charge in [0.05, 0.1) is 6.42 Å². The van der Waals surface area contributed by atoms with Crippen LogP contribution < -0.4 is 5.32 Å². The standard InChI is InChI=1S/C6H11NO2.CH4/c1-3-7-6(9)4-5(2)8;/h3-4H2,1-2H3,(H,7,9);1H4. The maximum absolute atomic E-state index is 10.5. The minimum absolute atomic E-state index is 0. The molecule has 3 heteroatoms. The highest BCUT2D eigenvalue weighted by atomic mass is 16.2. The molecule has 0 heterocycles. The SMILES string of the molecule is C.CCNC(=O)CC(C)=O. The van der Waals surface area contributed by atoms with Gasteiger partial charge in [-0.05, 0) is 13.8 Å². The summed E-state index contributed by atoms with van der Waals surface area (Å²) in [5.74, 6) is -0.286. The van der Waals surface area contributed by atoms with Crippen LogP contribution in [0.15, 0.2) is 0 Å². The summed E-state index contributed by atoms with van der Waals surface area (Å²) in [5.41, 5.74) is 0. The number of rotatable bonds is 3. The summed E-state index contributed by atoms with van der Waals surface area (Å²) >= 11 is 0. The van der Waals surface area contributed by atoms with Crippen LogP contribution in [0.5, 0.6) is 0 Å². The summed E-state index contributed by atoms with van der Waals surface area (Å²) < 4.78 is 0. The molecule has 0 rings (SSSR count). The first-order valence-electron chi connectivity index (χ1n) is 2.93. The summed E-state index contributed by atoms with van der Waals surface area (Å²) in [5, 5.41) is 2.52. The van der Waals surface area contributed by atoms with Crippen LogP contribution in [0.1, 0.15) is 27.7 Å². The third-order valence-electron chi connectivity index (χ3n) is 0.783. The third kappa shape index (κ3) is 7.14. The smallest absolute Gasteiger partial charge is 0.227 e. The molecule has 0 saturated carbocycles. The summed E-state index contributed by atoms with van der Waals surface area (Å²) in [7, 11) is 0. The van der Waals surface area contributed by atoms with E-state index in [1.54, 1.807) is 0 Å². The fraction of sp³-hybridized carbons (Fsp3) is 0.714. The molecule has 0 unspecified atom stereocenters. The number of amides is 1. The van der Waals surface area contributed by atoms with Gasteiger partial charge in [-0.2, -0.15) is 0 Å². The van der Waals surface area contributed by atoms with E-state index in [1.165, 1.54) is 6.92 Å². The van der Waals surface area contributed by atoms with Crippen molar-refractivity contribution in [2.24, 2.45) is 0 Å². The molecule has 1 N–H and O–H groups in total. The normalized spacial score (nSPS) is 7.80. The van der Waals surface area contributed by atoms with Crippen LogP contribution in [0.25, 0.3) is 0 Å². The molecule has 0 aliphatic heterocycles. The van der Waals surface area contributed by atoms with E-state index < -0.39 is 0 Å². The van der Waals surface area contributed by atoms with Crippen LogP contribution in [-0.2, 0) is 9.59 Å². The van der Waals surface area contributed by atoms with Crippen molar-refractivity contribution < 1.29 is 9.59 Å². The molecule has 0 aliphatic rings. The molecular weight excluding hydrogens is 130 g/mol. The Kier molecular flexibility index (Phi) is 7.44. The molecule has 3 nitrogen and oxygen atoms in total. The van der Waals surface area contributed by atoms with Crippen LogP contribution in [-0.4, -0.2) is 18.2 Å². The van der Waals surface area contributed by atoms with Crippen molar-refractivity contribution >= 4 is 11.7 Å². The molecule has 0 saturated heterocycles. The number of hydrogen-bond acceptors (Lipinski definition) is 2. The second kappa shape index (κ2) is 6.26. The van der Waals surface area contributed by atoms with Crippen LogP contribution in [0.4, 0.5) is 0 Å². The molecular formula is C7H15NO2. The van der Waals surface area contributed by atoms with Crippen molar-refractivity contribution in [2.75, 3.05) is 6.54 Å². The average Bonchev–Trinajstić information content (AvgIpc) is 1.63. The largest absolute Gasteiger partial charge is 0.356 e. The lowest BCUT2D eigenvalue weighted by Gasteiger charge is -1.96. The zero-order chi connectivity index (χ0) is 7.28. The van der Waals surface area contributed by atoms with E-state index in [-0.39, 0.29) is 25.5 Å². The minimum atomic E-state index is -0.190. The minimum Gasteiger partial charge on any atom is -0.356 e. The highest BCUT2D eigenvalue weighted by Crippen LogP contribution is 1.79. The first kappa shape index (κ1) is 11.9. The Hall–Kier alpha value is -0.860. The van der Waals surface area contributed by atoms with Gasteiger partial charge in [0.25, 0.3) is 0 Å². The molecule has 0 fully saturated rings. The first-order valence-corrected chi connectivity index (χ1v) is 2.93. The van der Waals surface area contributed by atoms with E-state index in [0.29, 0.717) is 6.54 Å². The Morgan fingerprint density at radius 3 is 2.20 bits per heavy atom. The van der Waals surface area contributed by atoms with E-state index in [2.05, 4.69) is 5.32 Å². The number of carbonyl (C=O) groups excluding carboxylic acids is 2. The summed E-state index contributed by atoms with van der Waals surface area (Å²) in [4.78, 5) is 20.8. The summed E-state index contributed by atoms with van der Waals surface area (Å²) in [6.45, 7) is 3.80. The molecule has 60 valence electrons. The van der Waals surface area contributed by atoms with Gasteiger partial charge in [0.1, 0.15) is 5.78 Å². The second-order valence-corrected chi connectivity index (χ2v) is 1.83. The highest BCUT2D eigenvalue weighted by molar-refractivity contribution is 5.96. The second-order valence-electron chi connectivity index (χ2n) is 1.83. The molecule has 0 aliphatic carbocycles. The summed E-state index contributed by atoms with van der Waals surface area (Å²) in [6, 6.07) is 0. The van der Waals surface area contributed by atoms with Gasteiger partial charge in [-0.25, -0.2) is 0 Å². The Morgan fingerprint density at radius 2 is 1.90 bits per heavy atom. The highest BCUT2D eigenvalue weighted by Gasteiger charge is 2.00. The molecule has 0 aromatic rings. The van der Waals surface area contributed by atoms with Gasteiger partial charge in [-0.1, -0.05) is 7.43 Å². The van der Waals surface area contributed by atoms with Crippen LogP contribution in [0.3, 0.4) is 0 Å². The number of Topliss-reactive ketones (excluding diaryl/α,β-unsaturated/α-hetero) is 1. The molecule has 1 amide bonds. The lowest BCUT2D eigenvalue weighted by molar-refractivity contribution is -0.127. The zero-order valence-corrected chi connectivity index (χ0v) is 5.73.